The third-order valence-corrected chi connectivity index (χ3v) is 5.46. The molecule has 8 heteroatoms. The standard InChI is InChI=1S/C24H21N5O2S/c1-29-23(19-10-4-2-5-11-19)27-28-24(29)32-17-22(30)26-25-16-18-9-8-14-21(15-18)31-20-12-6-3-7-13-20/h2-16H,17H2,1H3,(H,26,30)/b25-16+. The molecule has 0 spiro atoms. The molecule has 7 nitrogen and oxygen atoms in total. The van der Waals surface area contributed by atoms with Gasteiger partial charge in [-0.3, -0.25) is 4.79 Å². The zero-order valence-corrected chi connectivity index (χ0v) is 18.2. The van der Waals surface area contributed by atoms with Gasteiger partial charge in [-0.2, -0.15) is 5.10 Å². The average Bonchev–Trinajstić information content (AvgIpc) is 3.19. The number of hydrazone groups is 1. The van der Waals surface area contributed by atoms with E-state index in [2.05, 4.69) is 20.7 Å². The predicted octanol–water partition coefficient (Wildman–Crippen LogP) is 4.52. The summed E-state index contributed by atoms with van der Waals surface area (Å²) in [5.74, 6) is 2.15. The monoisotopic (exact) mass is 443 g/mol. The molecule has 160 valence electrons. The molecule has 0 aliphatic rings. The lowest BCUT2D eigenvalue weighted by atomic mass is 10.2. The lowest BCUT2D eigenvalue weighted by Crippen LogP contribution is -2.19. The van der Waals surface area contributed by atoms with Crippen molar-refractivity contribution in [2.24, 2.45) is 12.1 Å². The van der Waals surface area contributed by atoms with Crippen molar-refractivity contribution in [3.05, 3.63) is 90.5 Å². The van der Waals surface area contributed by atoms with Crippen LogP contribution in [-0.4, -0.2) is 32.6 Å². The predicted molar refractivity (Wildman–Crippen MR) is 126 cm³/mol. The summed E-state index contributed by atoms with van der Waals surface area (Å²) in [6.45, 7) is 0. The Hall–Kier alpha value is -3.91. The van der Waals surface area contributed by atoms with Crippen LogP contribution in [0.1, 0.15) is 5.56 Å². The number of ether oxygens (including phenoxy) is 1. The third kappa shape index (κ3) is 5.61. The van der Waals surface area contributed by atoms with Crippen LogP contribution in [0.5, 0.6) is 11.5 Å². The topological polar surface area (TPSA) is 81.4 Å². The van der Waals surface area contributed by atoms with E-state index in [0.29, 0.717) is 10.9 Å². The van der Waals surface area contributed by atoms with Crippen molar-refractivity contribution in [3.8, 4) is 22.9 Å². The van der Waals surface area contributed by atoms with Gasteiger partial charge in [-0.05, 0) is 29.8 Å². The number of nitrogens with zero attached hydrogens (tertiary/aromatic N) is 4. The molecule has 0 atom stereocenters. The summed E-state index contributed by atoms with van der Waals surface area (Å²) >= 11 is 1.30. The van der Waals surface area contributed by atoms with Crippen LogP contribution >= 0.6 is 11.8 Å². The van der Waals surface area contributed by atoms with Crippen molar-refractivity contribution in [2.45, 2.75) is 5.16 Å². The summed E-state index contributed by atoms with van der Waals surface area (Å²) in [6, 6.07) is 26.8. The number of benzene rings is 3. The second kappa shape index (κ2) is 10.4. The average molecular weight is 444 g/mol. The molecule has 32 heavy (non-hydrogen) atoms. The van der Waals surface area contributed by atoms with Gasteiger partial charge in [-0.1, -0.05) is 72.4 Å². The van der Waals surface area contributed by atoms with Gasteiger partial charge >= 0.3 is 0 Å². The second-order valence-electron chi connectivity index (χ2n) is 6.80. The van der Waals surface area contributed by atoms with E-state index in [1.165, 1.54) is 11.8 Å². The Balaban J connectivity index is 1.29. The highest BCUT2D eigenvalue weighted by Gasteiger charge is 2.12. The molecule has 0 radical (unpaired) electrons. The minimum Gasteiger partial charge on any atom is -0.457 e. The van der Waals surface area contributed by atoms with Crippen molar-refractivity contribution in [1.82, 2.24) is 20.2 Å². The Kier molecular flexibility index (Phi) is 6.94. The Morgan fingerprint density at radius 2 is 1.72 bits per heavy atom. The summed E-state index contributed by atoms with van der Waals surface area (Å²) in [6.07, 6.45) is 1.58. The highest BCUT2D eigenvalue weighted by atomic mass is 32.2. The van der Waals surface area contributed by atoms with Gasteiger partial charge in [0.15, 0.2) is 11.0 Å². The van der Waals surface area contributed by atoms with Crippen LogP contribution in [0, 0.1) is 0 Å². The van der Waals surface area contributed by atoms with E-state index in [0.717, 1.165) is 22.7 Å². The van der Waals surface area contributed by atoms with Crippen molar-refractivity contribution in [1.29, 1.82) is 0 Å². The molecule has 3 aromatic carbocycles. The first-order valence-electron chi connectivity index (χ1n) is 9.91. The summed E-state index contributed by atoms with van der Waals surface area (Å²) in [7, 11) is 1.88. The summed E-state index contributed by atoms with van der Waals surface area (Å²) < 4.78 is 7.68. The summed E-state index contributed by atoms with van der Waals surface area (Å²) in [5, 5.41) is 13.1. The van der Waals surface area contributed by atoms with Gasteiger partial charge < -0.3 is 9.30 Å². The number of aromatic nitrogens is 3. The molecule has 0 aliphatic carbocycles. The first kappa shape index (κ1) is 21.3. The number of para-hydroxylation sites is 1. The van der Waals surface area contributed by atoms with Gasteiger partial charge in [0.05, 0.1) is 12.0 Å². The van der Waals surface area contributed by atoms with E-state index in [1.54, 1.807) is 6.21 Å². The van der Waals surface area contributed by atoms with E-state index in [1.807, 2.05) is 96.5 Å². The quantitative estimate of drug-likeness (QED) is 0.246. The lowest BCUT2D eigenvalue weighted by Gasteiger charge is -2.05. The second-order valence-corrected chi connectivity index (χ2v) is 7.74. The third-order valence-electron chi connectivity index (χ3n) is 4.44. The molecule has 0 saturated carbocycles. The van der Waals surface area contributed by atoms with Gasteiger partial charge in [-0.25, -0.2) is 5.43 Å². The Bertz CT molecular complexity index is 1210. The number of carbonyl (C=O) groups is 1. The zero-order chi connectivity index (χ0) is 22.2. The Labute approximate surface area is 190 Å². The molecule has 0 saturated heterocycles. The van der Waals surface area contributed by atoms with Crippen LogP contribution in [0.15, 0.2) is 95.2 Å². The van der Waals surface area contributed by atoms with E-state index in [-0.39, 0.29) is 11.7 Å². The van der Waals surface area contributed by atoms with Crippen molar-refractivity contribution >= 4 is 23.9 Å². The minimum absolute atomic E-state index is 0.176. The highest BCUT2D eigenvalue weighted by molar-refractivity contribution is 7.99. The molecule has 0 unspecified atom stereocenters. The molecule has 0 bridgehead atoms. The van der Waals surface area contributed by atoms with E-state index in [9.17, 15) is 4.79 Å². The minimum atomic E-state index is -0.229. The lowest BCUT2D eigenvalue weighted by molar-refractivity contribution is -0.118. The normalized spacial score (nSPS) is 10.9. The molecule has 0 aliphatic heterocycles. The summed E-state index contributed by atoms with van der Waals surface area (Å²) in [5.41, 5.74) is 4.33. The molecule has 1 aromatic heterocycles. The van der Waals surface area contributed by atoms with Crippen molar-refractivity contribution in [3.63, 3.8) is 0 Å². The fourth-order valence-electron chi connectivity index (χ4n) is 2.90. The maximum atomic E-state index is 12.2. The van der Waals surface area contributed by atoms with Crippen LogP contribution in [0.25, 0.3) is 11.4 Å². The fraction of sp³-hybridized carbons (Fsp3) is 0.0833. The number of amides is 1. The first-order chi connectivity index (χ1) is 15.7. The number of rotatable bonds is 8. The van der Waals surface area contributed by atoms with Crippen molar-refractivity contribution in [2.75, 3.05) is 5.75 Å². The molecule has 4 rings (SSSR count). The number of carbonyl (C=O) groups excluding carboxylic acids is 1. The first-order valence-corrected chi connectivity index (χ1v) is 10.9. The van der Waals surface area contributed by atoms with E-state index in [4.69, 9.17) is 4.74 Å². The molecular weight excluding hydrogens is 422 g/mol. The number of thioether (sulfide) groups is 1. The number of nitrogens with one attached hydrogen (secondary N) is 1. The highest BCUT2D eigenvalue weighted by Crippen LogP contribution is 2.23. The number of hydrogen-bond donors (Lipinski definition) is 1. The Morgan fingerprint density at radius 3 is 2.50 bits per heavy atom. The smallest absolute Gasteiger partial charge is 0.250 e. The molecule has 4 aromatic rings. The van der Waals surface area contributed by atoms with E-state index >= 15 is 0 Å². The Morgan fingerprint density at radius 1 is 1.00 bits per heavy atom. The van der Waals surface area contributed by atoms with Gasteiger partial charge in [0.1, 0.15) is 11.5 Å². The van der Waals surface area contributed by atoms with Gasteiger partial charge in [-0.15, -0.1) is 10.2 Å². The van der Waals surface area contributed by atoms with Gasteiger partial charge in [0.25, 0.3) is 5.91 Å². The van der Waals surface area contributed by atoms with E-state index < -0.39 is 0 Å². The zero-order valence-electron chi connectivity index (χ0n) is 17.4. The van der Waals surface area contributed by atoms with Crippen LogP contribution in [0.2, 0.25) is 0 Å². The molecule has 0 fully saturated rings. The largest absolute Gasteiger partial charge is 0.457 e. The maximum absolute atomic E-state index is 12.2. The summed E-state index contributed by atoms with van der Waals surface area (Å²) in [4.78, 5) is 12.2. The molecule has 1 amide bonds. The molecule has 1 N–H and O–H groups in total. The van der Waals surface area contributed by atoms with Gasteiger partial charge in [0, 0.05) is 12.6 Å². The maximum Gasteiger partial charge on any atom is 0.250 e. The fourth-order valence-corrected chi connectivity index (χ4v) is 3.61. The van der Waals surface area contributed by atoms with Crippen LogP contribution in [0.3, 0.4) is 0 Å². The van der Waals surface area contributed by atoms with Crippen LogP contribution < -0.4 is 10.2 Å². The van der Waals surface area contributed by atoms with Gasteiger partial charge in [0.2, 0.25) is 0 Å². The SMILES string of the molecule is Cn1c(SCC(=O)N/N=C/c2cccc(Oc3ccccc3)c2)nnc1-c1ccccc1. The van der Waals surface area contributed by atoms with Crippen LogP contribution in [-0.2, 0) is 11.8 Å². The van der Waals surface area contributed by atoms with Crippen LogP contribution in [0.4, 0.5) is 0 Å². The molecule has 1 heterocycles. The van der Waals surface area contributed by atoms with Crippen molar-refractivity contribution < 1.29 is 9.53 Å². The number of hydrogen-bond acceptors (Lipinski definition) is 6. The molecular formula is C24H21N5O2S.